The molecule has 0 radical (unpaired) electrons. The average Bonchev–Trinajstić information content (AvgIpc) is 2.46. The lowest BCUT2D eigenvalue weighted by atomic mass is 10.3. The molecule has 2 aromatic heterocycles. The summed E-state index contributed by atoms with van der Waals surface area (Å²) in [5, 5.41) is 1.19. The summed E-state index contributed by atoms with van der Waals surface area (Å²) in [6, 6.07) is 6.59. The predicted molar refractivity (Wildman–Crippen MR) is 57.8 cm³/mol. The normalized spacial score (nSPS) is 11.4. The Morgan fingerprint density at radius 3 is 2.77 bits per heavy atom. The zero-order valence-electron chi connectivity index (χ0n) is 7.66. The maximum absolute atomic E-state index is 4.44. The van der Waals surface area contributed by atoms with Crippen LogP contribution in [0.3, 0.4) is 0 Å². The molecule has 0 amide bonds. The third kappa shape index (κ3) is 1.48. The van der Waals surface area contributed by atoms with E-state index in [-0.39, 0.29) is 0 Å². The first-order valence-corrected chi connectivity index (χ1v) is 5.11. The Balaban J connectivity index is 2.71. The first kappa shape index (κ1) is 8.75. The summed E-state index contributed by atoms with van der Waals surface area (Å²) in [4.78, 5) is 4.44. The molecule has 68 valence electrons. The third-order valence-corrected chi connectivity index (χ3v) is 2.53. The molecule has 0 aliphatic carbocycles. The van der Waals surface area contributed by atoms with Gasteiger partial charge in [0.05, 0.1) is 0 Å². The molecule has 2 rings (SSSR count). The zero-order chi connectivity index (χ0) is 9.42. The van der Waals surface area contributed by atoms with Gasteiger partial charge in [-0.25, -0.2) is 4.98 Å². The van der Waals surface area contributed by atoms with E-state index in [9.17, 15) is 0 Å². The minimum Gasteiger partial charge on any atom is -0.330 e. The van der Waals surface area contributed by atoms with Crippen molar-refractivity contribution in [1.29, 1.82) is 0 Å². The highest BCUT2D eigenvalue weighted by Gasteiger charge is 2.04. The SMILES string of the molecule is CC(C)n1ccc2ccc(Br)nc21. The van der Waals surface area contributed by atoms with Crippen molar-refractivity contribution in [2.75, 3.05) is 0 Å². The van der Waals surface area contributed by atoms with Crippen LogP contribution in [-0.2, 0) is 0 Å². The molecule has 0 aromatic carbocycles. The first-order chi connectivity index (χ1) is 6.18. The Kier molecular flexibility index (Phi) is 2.12. The third-order valence-electron chi connectivity index (χ3n) is 2.09. The van der Waals surface area contributed by atoms with Gasteiger partial charge in [-0.15, -0.1) is 0 Å². The second kappa shape index (κ2) is 3.14. The van der Waals surface area contributed by atoms with E-state index in [0.717, 1.165) is 10.3 Å². The van der Waals surface area contributed by atoms with E-state index in [1.807, 2.05) is 6.07 Å². The molecule has 0 aliphatic heterocycles. The number of halogens is 1. The van der Waals surface area contributed by atoms with Gasteiger partial charge in [0.1, 0.15) is 10.3 Å². The van der Waals surface area contributed by atoms with Crippen LogP contribution >= 0.6 is 15.9 Å². The van der Waals surface area contributed by atoms with E-state index in [1.54, 1.807) is 0 Å². The van der Waals surface area contributed by atoms with Gasteiger partial charge in [0.15, 0.2) is 0 Å². The van der Waals surface area contributed by atoms with Crippen LogP contribution in [0.5, 0.6) is 0 Å². The molecular weight excluding hydrogens is 228 g/mol. The molecule has 0 bridgehead atoms. The molecule has 2 heterocycles. The van der Waals surface area contributed by atoms with Crippen LogP contribution in [0.2, 0.25) is 0 Å². The molecule has 0 atom stereocenters. The maximum Gasteiger partial charge on any atom is 0.141 e. The van der Waals surface area contributed by atoms with Gasteiger partial charge in [-0.3, -0.25) is 0 Å². The van der Waals surface area contributed by atoms with Crippen molar-refractivity contribution < 1.29 is 0 Å². The molecule has 0 fully saturated rings. The molecular formula is C10H11BrN2. The molecule has 13 heavy (non-hydrogen) atoms. The monoisotopic (exact) mass is 238 g/mol. The standard InChI is InChI=1S/C10H11BrN2/c1-7(2)13-6-5-8-3-4-9(11)12-10(8)13/h3-7H,1-2H3. The lowest BCUT2D eigenvalue weighted by molar-refractivity contribution is 0.617. The Morgan fingerprint density at radius 1 is 1.31 bits per heavy atom. The van der Waals surface area contributed by atoms with E-state index in [0.29, 0.717) is 6.04 Å². The fourth-order valence-corrected chi connectivity index (χ4v) is 1.72. The quantitative estimate of drug-likeness (QED) is 0.697. The van der Waals surface area contributed by atoms with Crippen molar-refractivity contribution in [3.8, 4) is 0 Å². The largest absolute Gasteiger partial charge is 0.330 e. The highest BCUT2D eigenvalue weighted by atomic mass is 79.9. The second-order valence-corrected chi connectivity index (χ2v) is 4.18. The van der Waals surface area contributed by atoms with E-state index >= 15 is 0 Å². The zero-order valence-corrected chi connectivity index (χ0v) is 9.25. The predicted octanol–water partition coefficient (Wildman–Crippen LogP) is 3.38. The number of rotatable bonds is 1. The van der Waals surface area contributed by atoms with Gasteiger partial charge < -0.3 is 4.57 Å². The van der Waals surface area contributed by atoms with Crippen LogP contribution in [0.4, 0.5) is 0 Å². The molecule has 0 aliphatic rings. The molecule has 0 saturated heterocycles. The summed E-state index contributed by atoms with van der Waals surface area (Å²) in [7, 11) is 0. The van der Waals surface area contributed by atoms with Crippen LogP contribution in [0.1, 0.15) is 19.9 Å². The Labute approximate surface area is 85.7 Å². The minimum absolute atomic E-state index is 0.458. The minimum atomic E-state index is 0.458. The average molecular weight is 239 g/mol. The summed E-state index contributed by atoms with van der Waals surface area (Å²) in [5.41, 5.74) is 1.05. The lowest BCUT2D eigenvalue weighted by Crippen LogP contribution is -1.99. The van der Waals surface area contributed by atoms with Gasteiger partial charge in [-0.05, 0) is 48.0 Å². The summed E-state index contributed by atoms with van der Waals surface area (Å²) < 4.78 is 3.06. The number of nitrogens with zero attached hydrogens (tertiary/aromatic N) is 2. The van der Waals surface area contributed by atoms with E-state index in [2.05, 4.69) is 57.7 Å². The Hall–Kier alpha value is -0.830. The number of hydrogen-bond donors (Lipinski definition) is 0. The van der Waals surface area contributed by atoms with Crippen molar-refractivity contribution in [3.05, 3.63) is 29.0 Å². The van der Waals surface area contributed by atoms with Crippen molar-refractivity contribution >= 4 is 27.0 Å². The van der Waals surface area contributed by atoms with Crippen molar-refractivity contribution in [2.45, 2.75) is 19.9 Å². The Bertz CT molecular complexity index is 431. The van der Waals surface area contributed by atoms with Gasteiger partial charge >= 0.3 is 0 Å². The van der Waals surface area contributed by atoms with E-state index < -0.39 is 0 Å². The number of aromatic nitrogens is 2. The number of fused-ring (bicyclic) bond motifs is 1. The molecule has 3 heteroatoms. The molecule has 0 unspecified atom stereocenters. The van der Waals surface area contributed by atoms with Crippen molar-refractivity contribution in [1.82, 2.24) is 9.55 Å². The highest BCUT2D eigenvalue weighted by molar-refractivity contribution is 9.10. The molecule has 0 N–H and O–H groups in total. The molecule has 0 saturated carbocycles. The van der Waals surface area contributed by atoms with Gasteiger partial charge in [0, 0.05) is 17.6 Å². The maximum atomic E-state index is 4.44. The smallest absolute Gasteiger partial charge is 0.141 e. The topological polar surface area (TPSA) is 17.8 Å². The summed E-state index contributed by atoms with van der Waals surface area (Å²) in [5.74, 6) is 0. The molecule has 0 spiro atoms. The van der Waals surface area contributed by atoms with Gasteiger partial charge in [0.2, 0.25) is 0 Å². The highest BCUT2D eigenvalue weighted by Crippen LogP contribution is 2.20. The number of hydrogen-bond acceptors (Lipinski definition) is 1. The summed E-state index contributed by atoms with van der Waals surface area (Å²) in [6.45, 7) is 4.31. The van der Waals surface area contributed by atoms with Crippen LogP contribution in [0.15, 0.2) is 29.0 Å². The van der Waals surface area contributed by atoms with Crippen LogP contribution < -0.4 is 0 Å². The fourth-order valence-electron chi connectivity index (χ4n) is 1.42. The molecule has 2 aromatic rings. The van der Waals surface area contributed by atoms with Crippen LogP contribution in [0, 0.1) is 0 Å². The van der Waals surface area contributed by atoms with Crippen molar-refractivity contribution in [2.24, 2.45) is 0 Å². The molecule has 2 nitrogen and oxygen atoms in total. The van der Waals surface area contributed by atoms with Gasteiger partial charge in [-0.2, -0.15) is 0 Å². The van der Waals surface area contributed by atoms with Crippen LogP contribution in [0.25, 0.3) is 11.0 Å². The van der Waals surface area contributed by atoms with Gasteiger partial charge in [0.25, 0.3) is 0 Å². The van der Waals surface area contributed by atoms with Crippen molar-refractivity contribution in [3.63, 3.8) is 0 Å². The summed E-state index contributed by atoms with van der Waals surface area (Å²) in [6.07, 6.45) is 2.08. The first-order valence-electron chi connectivity index (χ1n) is 4.31. The second-order valence-electron chi connectivity index (χ2n) is 3.36. The summed E-state index contributed by atoms with van der Waals surface area (Å²) >= 11 is 3.38. The van der Waals surface area contributed by atoms with Crippen LogP contribution in [-0.4, -0.2) is 9.55 Å². The lowest BCUT2D eigenvalue weighted by Gasteiger charge is -2.07. The number of pyridine rings is 1. The Morgan fingerprint density at radius 2 is 2.08 bits per heavy atom. The fraction of sp³-hybridized carbons (Fsp3) is 0.300. The van der Waals surface area contributed by atoms with E-state index in [1.165, 1.54) is 5.39 Å². The van der Waals surface area contributed by atoms with E-state index in [4.69, 9.17) is 0 Å². The van der Waals surface area contributed by atoms with Gasteiger partial charge in [-0.1, -0.05) is 0 Å².